The van der Waals surface area contributed by atoms with E-state index in [9.17, 15) is 23.6 Å². The molecular formula is C20H25N3O5S. The molecule has 29 heavy (non-hydrogen) atoms. The van der Waals surface area contributed by atoms with Gasteiger partial charge in [-0.05, 0) is 68.5 Å². The number of sulfonamides is 1. The van der Waals surface area contributed by atoms with Crippen LogP contribution >= 0.6 is 0 Å². The lowest BCUT2D eigenvalue weighted by molar-refractivity contribution is -0.384. The first kappa shape index (κ1) is 21.1. The molecule has 8 nitrogen and oxygen atoms in total. The summed E-state index contributed by atoms with van der Waals surface area (Å²) in [5.74, 6) is 0.792. The number of aryl methyl sites for hydroxylation is 1. The number of nitro groups is 1. The van der Waals surface area contributed by atoms with Gasteiger partial charge in [0.2, 0.25) is 10.0 Å². The van der Waals surface area contributed by atoms with Crippen LogP contribution in [0.15, 0.2) is 47.4 Å². The number of hydrogen-bond donors (Lipinski definition) is 2. The third-order valence-electron chi connectivity index (χ3n) is 5.46. The Hall–Kier alpha value is -2.65. The van der Waals surface area contributed by atoms with Crippen LogP contribution in [0.2, 0.25) is 0 Å². The van der Waals surface area contributed by atoms with Crippen molar-refractivity contribution in [3.63, 3.8) is 0 Å². The second-order valence-electron chi connectivity index (χ2n) is 7.25. The van der Waals surface area contributed by atoms with Crippen molar-refractivity contribution in [2.45, 2.75) is 30.6 Å². The number of phenols is 1. The highest BCUT2D eigenvalue weighted by molar-refractivity contribution is 7.89. The van der Waals surface area contributed by atoms with Crippen LogP contribution in [0.3, 0.4) is 0 Å². The summed E-state index contributed by atoms with van der Waals surface area (Å²) in [4.78, 5) is 12.8. The highest BCUT2D eigenvalue weighted by Gasteiger charge is 2.27. The van der Waals surface area contributed by atoms with Gasteiger partial charge in [-0.1, -0.05) is 12.1 Å². The molecule has 0 aromatic heterocycles. The molecule has 2 aromatic rings. The molecule has 3 rings (SSSR count). The smallest absolute Gasteiger partial charge is 0.293 e. The number of nitrogens with zero attached hydrogens (tertiary/aromatic N) is 2. The molecule has 0 amide bonds. The normalized spacial score (nSPS) is 15.4. The SMILES string of the molecule is CNS(=O)(=O)c1ccc(N2CCC(CCc3ccc(O)cc3)CC2)c([N+](=O)[O-])c1. The van der Waals surface area contributed by atoms with Gasteiger partial charge in [0.05, 0.1) is 9.82 Å². The zero-order chi connectivity index (χ0) is 21.0. The average Bonchev–Trinajstić information content (AvgIpc) is 2.73. The second-order valence-corrected chi connectivity index (χ2v) is 9.14. The Labute approximate surface area is 170 Å². The van der Waals surface area contributed by atoms with Gasteiger partial charge in [-0.15, -0.1) is 0 Å². The summed E-state index contributed by atoms with van der Waals surface area (Å²) in [7, 11) is -2.46. The minimum Gasteiger partial charge on any atom is -0.508 e. The Bertz CT molecular complexity index is 968. The molecule has 0 aliphatic carbocycles. The van der Waals surface area contributed by atoms with Gasteiger partial charge < -0.3 is 10.0 Å². The number of phenolic OH excluding ortho intramolecular Hbond substituents is 1. The molecule has 2 N–H and O–H groups in total. The molecule has 1 heterocycles. The Morgan fingerprint density at radius 2 is 1.83 bits per heavy atom. The highest BCUT2D eigenvalue weighted by atomic mass is 32.2. The molecular weight excluding hydrogens is 394 g/mol. The number of nitrogens with one attached hydrogen (secondary N) is 1. The van der Waals surface area contributed by atoms with Gasteiger partial charge in [0, 0.05) is 19.2 Å². The Morgan fingerprint density at radius 3 is 2.41 bits per heavy atom. The maximum atomic E-state index is 12.0. The molecule has 0 spiro atoms. The summed E-state index contributed by atoms with van der Waals surface area (Å²) in [6.07, 6.45) is 3.80. The number of rotatable bonds is 7. The van der Waals surface area contributed by atoms with Gasteiger partial charge >= 0.3 is 0 Å². The molecule has 1 fully saturated rings. The highest BCUT2D eigenvalue weighted by Crippen LogP contribution is 2.34. The van der Waals surface area contributed by atoms with E-state index >= 15 is 0 Å². The van der Waals surface area contributed by atoms with E-state index in [1.807, 2.05) is 17.0 Å². The minimum absolute atomic E-state index is 0.112. The van der Waals surface area contributed by atoms with Crippen molar-refractivity contribution in [1.82, 2.24) is 4.72 Å². The van der Waals surface area contributed by atoms with Gasteiger partial charge in [0.15, 0.2) is 0 Å². The molecule has 2 aromatic carbocycles. The van der Waals surface area contributed by atoms with E-state index < -0.39 is 14.9 Å². The lowest BCUT2D eigenvalue weighted by Gasteiger charge is -2.33. The third kappa shape index (κ3) is 5.04. The number of nitro benzene ring substituents is 1. The summed E-state index contributed by atoms with van der Waals surface area (Å²) >= 11 is 0. The van der Waals surface area contributed by atoms with Gasteiger partial charge in [-0.25, -0.2) is 13.1 Å². The monoisotopic (exact) mass is 419 g/mol. The first-order valence-corrected chi connectivity index (χ1v) is 11.0. The summed E-state index contributed by atoms with van der Waals surface area (Å²) in [6, 6.07) is 11.3. The minimum atomic E-state index is -3.74. The van der Waals surface area contributed by atoms with Crippen molar-refractivity contribution < 1.29 is 18.4 Å². The topological polar surface area (TPSA) is 113 Å². The van der Waals surface area contributed by atoms with Crippen LogP contribution in [0.1, 0.15) is 24.8 Å². The average molecular weight is 420 g/mol. The zero-order valence-corrected chi connectivity index (χ0v) is 17.1. The standard InChI is InChI=1S/C20H25N3O5S/c1-21-29(27,28)18-8-9-19(20(14-18)23(25)26)22-12-10-16(11-13-22)3-2-15-4-6-17(24)7-5-15/h4-9,14,16,21,24H,2-3,10-13H2,1H3. The van der Waals surface area contributed by atoms with E-state index in [4.69, 9.17) is 0 Å². The van der Waals surface area contributed by atoms with Crippen molar-refractivity contribution in [2.24, 2.45) is 5.92 Å². The first-order chi connectivity index (χ1) is 13.8. The van der Waals surface area contributed by atoms with E-state index in [-0.39, 0.29) is 16.3 Å². The van der Waals surface area contributed by atoms with Crippen LogP contribution in [-0.4, -0.2) is 38.6 Å². The quantitative estimate of drug-likeness (QED) is 0.527. The molecule has 0 saturated carbocycles. The zero-order valence-electron chi connectivity index (χ0n) is 16.2. The van der Waals surface area contributed by atoms with Crippen LogP contribution in [0.4, 0.5) is 11.4 Å². The fraction of sp³-hybridized carbons (Fsp3) is 0.400. The molecule has 0 atom stereocenters. The van der Waals surface area contributed by atoms with E-state index in [0.717, 1.165) is 31.7 Å². The maximum absolute atomic E-state index is 12.0. The molecule has 1 aliphatic heterocycles. The van der Waals surface area contributed by atoms with Gasteiger partial charge in [0.25, 0.3) is 5.69 Å². The number of anilines is 1. The van der Waals surface area contributed by atoms with Gasteiger partial charge in [-0.2, -0.15) is 0 Å². The summed E-state index contributed by atoms with van der Waals surface area (Å²) < 4.78 is 26.1. The predicted octanol–water partition coefficient (Wildman–Crippen LogP) is 3.06. The molecule has 0 radical (unpaired) electrons. The van der Waals surface area contributed by atoms with Crippen molar-refractivity contribution >= 4 is 21.4 Å². The molecule has 1 aliphatic rings. The van der Waals surface area contributed by atoms with Crippen molar-refractivity contribution in [3.05, 3.63) is 58.1 Å². The summed E-state index contributed by atoms with van der Waals surface area (Å²) in [5, 5.41) is 20.9. The lowest BCUT2D eigenvalue weighted by Crippen LogP contribution is -2.34. The second kappa shape index (κ2) is 8.79. The molecule has 9 heteroatoms. The number of piperidine rings is 1. The predicted molar refractivity (Wildman–Crippen MR) is 111 cm³/mol. The van der Waals surface area contributed by atoms with Crippen LogP contribution in [0.5, 0.6) is 5.75 Å². The Morgan fingerprint density at radius 1 is 1.17 bits per heavy atom. The molecule has 0 unspecified atom stereocenters. The van der Waals surface area contributed by atoms with Crippen LogP contribution in [-0.2, 0) is 16.4 Å². The van der Waals surface area contributed by atoms with Crippen molar-refractivity contribution in [2.75, 3.05) is 25.0 Å². The maximum Gasteiger partial charge on any atom is 0.293 e. The van der Waals surface area contributed by atoms with E-state index in [1.54, 1.807) is 12.1 Å². The van der Waals surface area contributed by atoms with Crippen LogP contribution in [0.25, 0.3) is 0 Å². The number of hydrogen-bond acceptors (Lipinski definition) is 6. The molecule has 1 saturated heterocycles. The van der Waals surface area contributed by atoms with E-state index in [2.05, 4.69) is 4.72 Å². The fourth-order valence-electron chi connectivity index (χ4n) is 3.70. The molecule has 0 bridgehead atoms. The fourth-order valence-corrected chi connectivity index (χ4v) is 4.45. The van der Waals surface area contributed by atoms with Gasteiger partial charge in [0.1, 0.15) is 11.4 Å². The Kier molecular flexibility index (Phi) is 6.39. The third-order valence-corrected chi connectivity index (χ3v) is 6.87. The number of benzene rings is 2. The van der Waals surface area contributed by atoms with E-state index in [0.29, 0.717) is 24.7 Å². The molecule has 156 valence electrons. The van der Waals surface area contributed by atoms with E-state index in [1.165, 1.54) is 24.7 Å². The number of aromatic hydroxyl groups is 1. The van der Waals surface area contributed by atoms with Crippen LogP contribution < -0.4 is 9.62 Å². The summed E-state index contributed by atoms with van der Waals surface area (Å²) in [6.45, 7) is 1.39. The van der Waals surface area contributed by atoms with Crippen molar-refractivity contribution in [3.8, 4) is 5.75 Å². The largest absolute Gasteiger partial charge is 0.508 e. The lowest BCUT2D eigenvalue weighted by atomic mass is 9.90. The Balaban J connectivity index is 1.65. The van der Waals surface area contributed by atoms with Crippen LogP contribution in [0, 0.1) is 16.0 Å². The van der Waals surface area contributed by atoms with Gasteiger partial charge in [-0.3, -0.25) is 10.1 Å². The summed E-state index contributed by atoms with van der Waals surface area (Å²) in [5.41, 5.74) is 1.45. The first-order valence-electron chi connectivity index (χ1n) is 9.55. The van der Waals surface area contributed by atoms with Crippen molar-refractivity contribution in [1.29, 1.82) is 0 Å².